The molecule has 0 aromatic heterocycles. The predicted octanol–water partition coefficient (Wildman–Crippen LogP) is 3.12. The van der Waals surface area contributed by atoms with Gasteiger partial charge in [0.05, 0.1) is 7.11 Å². The Labute approximate surface area is 108 Å². The van der Waals surface area contributed by atoms with Crippen molar-refractivity contribution in [2.24, 2.45) is 0 Å². The highest BCUT2D eigenvalue weighted by molar-refractivity contribution is 9.10. The third kappa shape index (κ3) is 2.40. The molecule has 1 atom stereocenters. The van der Waals surface area contributed by atoms with Crippen molar-refractivity contribution in [2.45, 2.75) is 25.3 Å². The zero-order valence-corrected chi connectivity index (χ0v) is 11.2. The molecule has 0 saturated carbocycles. The third-order valence-corrected chi connectivity index (χ3v) is 3.73. The van der Waals surface area contributed by atoms with Gasteiger partial charge in [0, 0.05) is 16.1 Å². The minimum Gasteiger partial charge on any atom is -0.502 e. The zero-order valence-electron chi connectivity index (χ0n) is 9.59. The molecule has 1 aromatic carbocycles. The number of phenolic OH excluding ortho intramolecular Hbond substituents is 1. The number of halogens is 2. The molecule has 1 aliphatic heterocycles. The van der Waals surface area contributed by atoms with Gasteiger partial charge in [-0.2, -0.15) is 0 Å². The molecule has 1 saturated heterocycles. The Hall–Kier alpha value is -0.810. The lowest BCUT2D eigenvalue weighted by atomic mass is 9.96. The highest BCUT2D eigenvalue weighted by Gasteiger charge is 2.25. The fourth-order valence-corrected chi connectivity index (χ4v) is 2.83. The van der Waals surface area contributed by atoms with Gasteiger partial charge in [0.15, 0.2) is 17.3 Å². The molecular weight excluding hydrogens is 289 g/mol. The number of nitrogens with one attached hydrogen (secondary N) is 1. The van der Waals surface area contributed by atoms with Gasteiger partial charge in [-0.15, -0.1) is 0 Å². The van der Waals surface area contributed by atoms with Gasteiger partial charge in [0.25, 0.3) is 0 Å². The molecule has 0 aliphatic carbocycles. The second-order valence-corrected chi connectivity index (χ2v) is 4.99. The number of piperidine rings is 1. The van der Waals surface area contributed by atoms with Crippen LogP contribution < -0.4 is 10.1 Å². The van der Waals surface area contributed by atoms with E-state index in [0.29, 0.717) is 10.0 Å². The molecule has 0 radical (unpaired) electrons. The summed E-state index contributed by atoms with van der Waals surface area (Å²) < 4.78 is 19.6. The van der Waals surface area contributed by atoms with Crippen molar-refractivity contribution in [1.29, 1.82) is 0 Å². The number of rotatable bonds is 2. The average Bonchev–Trinajstić information content (AvgIpc) is 2.35. The van der Waals surface area contributed by atoms with E-state index in [1.165, 1.54) is 7.11 Å². The van der Waals surface area contributed by atoms with Crippen molar-refractivity contribution < 1.29 is 14.2 Å². The van der Waals surface area contributed by atoms with E-state index in [1.54, 1.807) is 6.07 Å². The molecule has 0 spiro atoms. The van der Waals surface area contributed by atoms with Crippen LogP contribution in [-0.2, 0) is 0 Å². The maximum absolute atomic E-state index is 14.1. The molecule has 1 fully saturated rings. The van der Waals surface area contributed by atoms with Gasteiger partial charge < -0.3 is 15.2 Å². The van der Waals surface area contributed by atoms with E-state index in [4.69, 9.17) is 4.74 Å². The van der Waals surface area contributed by atoms with Crippen molar-refractivity contribution in [1.82, 2.24) is 5.32 Å². The number of ether oxygens (including phenoxy) is 1. The van der Waals surface area contributed by atoms with Gasteiger partial charge in [-0.1, -0.05) is 22.4 Å². The number of benzene rings is 1. The van der Waals surface area contributed by atoms with Crippen LogP contribution >= 0.6 is 15.9 Å². The number of hydrogen-bond acceptors (Lipinski definition) is 3. The third-order valence-electron chi connectivity index (χ3n) is 3.07. The van der Waals surface area contributed by atoms with Gasteiger partial charge >= 0.3 is 0 Å². The summed E-state index contributed by atoms with van der Waals surface area (Å²) in [4.78, 5) is 0. The maximum atomic E-state index is 14.1. The Morgan fingerprint density at radius 1 is 1.53 bits per heavy atom. The van der Waals surface area contributed by atoms with Gasteiger partial charge in [0.1, 0.15) is 0 Å². The summed E-state index contributed by atoms with van der Waals surface area (Å²) in [6.45, 7) is 0.878. The van der Waals surface area contributed by atoms with E-state index in [9.17, 15) is 9.50 Å². The summed E-state index contributed by atoms with van der Waals surface area (Å²) in [6.07, 6.45) is 3.05. The Morgan fingerprint density at radius 3 is 2.88 bits per heavy atom. The molecule has 3 nitrogen and oxygen atoms in total. The van der Waals surface area contributed by atoms with Crippen LogP contribution in [-0.4, -0.2) is 18.8 Å². The SMILES string of the molecule is COc1cc(Br)c(C2CCCCN2)c(F)c1O. The zero-order chi connectivity index (χ0) is 12.4. The first-order valence-electron chi connectivity index (χ1n) is 5.63. The van der Waals surface area contributed by atoms with Crippen LogP contribution in [0, 0.1) is 5.82 Å². The summed E-state index contributed by atoms with van der Waals surface area (Å²) in [5, 5.41) is 12.9. The summed E-state index contributed by atoms with van der Waals surface area (Å²) in [7, 11) is 1.40. The number of methoxy groups -OCH3 is 1. The summed E-state index contributed by atoms with van der Waals surface area (Å²) >= 11 is 3.34. The largest absolute Gasteiger partial charge is 0.502 e. The lowest BCUT2D eigenvalue weighted by Crippen LogP contribution is -2.27. The minimum absolute atomic E-state index is 0.0464. The van der Waals surface area contributed by atoms with Gasteiger partial charge in [-0.3, -0.25) is 0 Å². The van der Waals surface area contributed by atoms with Crippen LogP contribution in [0.4, 0.5) is 4.39 Å². The van der Waals surface area contributed by atoms with Gasteiger partial charge in [-0.05, 0) is 25.5 Å². The maximum Gasteiger partial charge on any atom is 0.194 e. The number of aromatic hydroxyl groups is 1. The molecule has 0 bridgehead atoms. The van der Waals surface area contributed by atoms with E-state index in [2.05, 4.69) is 21.2 Å². The lowest BCUT2D eigenvalue weighted by molar-refractivity contribution is 0.345. The second kappa shape index (κ2) is 5.23. The molecule has 5 heteroatoms. The normalized spacial score (nSPS) is 20.3. The Morgan fingerprint density at radius 2 is 2.29 bits per heavy atom. The van der Waals surface area contributed by atoms with E-state index >= 15 is 0 Å². The number of phenols is 1. The van der Waals surface area contributed by atoms with Crippen molar-refractivity contribution in [3.05, 3.63) is 21.9 Å². The molecule has 1 aliphatic rings. The first-order chi connectivity index (χ1) is 8.15. The van der Waals surface area contributed by atoms with E-state index in [0.717, 1.165) is 25.8 Å². The van der Waals surface area contributed by atoms with Crippen LogP contribution in [0.1, 0.15) is 30.9 Å². The standard InChI is InChI=1S/C12H15BrFNO2/c1-17-9-6-7(13)10(11(14)12(9)16)8-4-2-3-5-15-8/h6,8,15-16H,2-5H2,1H3. The highest BCUT2D eigenvalue weighted by atomic mass is 79.9. The van der Waals surface area contributed by atoms with Crippen LogP contribution in [0.2, 0.25) is 0 Å². The first-order valence-corrected chi connectivity index (χ1v) is 6.42. The molecular formula is C12H15BrFNO2. The van der Waals surface area contributed by atoms with Crippen molar-refractivity contribution >= 4 is 15.9 Å². The fraction of sp³-hybridized carbons (Fsp3) is 0.500. The van der Waals surface area contributed by atoms with Crippen LogP contribution in [0.5, 0.6) is 11.5 Å². The molecule has 1 aromatic rings. The first kappa shape index (κ1) is 12.6. The van der Waals surface area contributed by atoms with E-state index in [-0.39, 0.29) is 11.8 Å². The summed E-state index contributed by atoms with van der Waals surface area (Å²) in [5.74, 6) is -0.873. The van der Waals surface area contributed by atoms with Crippen molar-refractivity contribution in [3.63, 3.8) is 0 Å². The average molecular weight is 304 g/mol. The lowest BCUT2D eigenvalue weighted by Gasteiger charge is -2.25. The summed E-state index contributed by atoms with van der Waals surface area (Å²) in [5.41, 5.74) is 0.489. The van der Waals surface area contributed by atoms with Crippen LogP contribution in [0.15, 0.2) is 10.5 Å². The van der Waals surface area contributed by atoms with Crippen molar-refractivity contribution in [2.75, 3.05) is 13.7 Å². The quantitative estimate of drug-likeness (QED) is 0.882. The molecule has 0 amide bonds. The van der Waals surface area contributed by atoms with Crippen LogP contribution in [0.25, 0.3) is 0 Å². The smallest absolute Gasteiger partial charge is 0.194 e. The van der Waals surface area contributed by atoms with Gasteiger partial charge in [0.2, 0.25) is 0 Å². The second-order valence-electron chi connectivity index (χ2n) is 4.14. The fourth-order valence-electron chi connectivity index (χ4n) is 2.18. The molecule has 1 heterocycles. The molecule has 1 unspecified atom stereocenters. The highest BCUT2D eigenvalue weighted by Crippen LogP contribution is 2.40. The topological polar surface area (TPSA) is 41.5 Å². The van der Waals surface area contributed by atoms with E-state index < -0.39 is 11.6 Å². The molecule has 2 N–H and O–H groups in total. The Kier molecular flexibility index (Phi) is 3.89. The predicted molar refractivity (Wildman–Crippen MR) is 66.9 cm³/mol. The molecule has 94 valence electrons. The molecule has 2 rings (SSSR count). The monoisotopic (exact) mass is 303 g/mol. The van der Waals surface area contributed by atoms with Crippen LogP contribution in [0.3, 0.4) is 0 Å². The summed E-state index contributed by atoms with van der Waals surface area (Å²) in [6, 6.07) is 1.55. The van der Waals surface area contributed by atoms with E-state index in [1.807, 2.05) is 0 Å². The Balaban J connectivity index is 2.42. The minimum atomic E-state index is -0.601. The van der Waals surface area contributed by atoms with Crippen molar-refractivity contribution in [3.8, 4) is 11.5 Å². The van der Waals surface area contributed by atoms with Gasteiger partial charge in [-0.25, -0.2) is 4.39 Å². The molecule has 17 heavy (non-hydrogen) atoms. The Bertz CT molecular complexity index is 419. The number of hydrogen-bond donors (Lipinski definition) is 2.